The number of primary amides is 1. The lowest BCUT2D eigenvalue weighted by Gasteiger charge is -2.27. The van der Waals surface area contributed by atoms with E-state index in [1.54, 1.807) is 58.2 Å². The van der Waals surface area contributed by atoms with Gasteiger partial charge in [0.2, 0.25) is 41.4 Å². The summed E-state index contributed by atoms with van der Waals surface area (Å²) in [6.07, 6.45) is 1.45. The van der Waals surface area contributed by atoms with Gasteiger partial charge in [0.25, 0.3) is 0 Å². The monoisotopic (exact) mass is 805 g/mol. The van der Waals surface area contributed by atoms with Gasteiger partial charge in [-0.15, -0.1) is 0 Å². The molecule has 15 N–H and O–H groups in total. The van der Waals surface area contributed by atoms with Gasteiger partial charge in [-0.2, -0.15) is 0 Å². The van der Waals surface area contributed by atoms with Crippen LogP contribution in [0, 0.1) is 11.8 Å². The van der Waals surface area contributed by atoms with E-state index in [4.69, 9.17) is 11.5 Å². The van der Waals surface area contributed by atoms with Gasteiger partial charge in [-0.1, -0.05) is 52.3 Å². The molecule has 21 heteroatoms. The zero-order valence-electron chi connectivity index (χ0n) is 32.2. The number of nitrogens with one attached hydrogen (secondary N) is 7. The fraction of sp³-hybridized carbons (Fsp3) is 0.556. The molecule has 0 fully saturated rings. The third kappa shape index (κ3) is 14.4. The van der Waals surface area contributed by atoms with Crippen molar-refractivity contribution in [1.29, 1.82) is 0 Å². The summed E-state index contributed by atoms with van der Waals surface area (Å²) >= 11 is 0. The zero-order valence-corrected chi connectivity index (χ0v) is 32.2. The van der Waals surface area contributed by atoms with Gasteiger partial charge < -0.3 is 68.8 Å². The number of aromatic amines is 1. The number of rotatable bonds is 24. The molecule has 2 rings (SSSR count). The summed E-state index contributed by atoms with van der Waals surface area (Å²) in [7, 11) is 0. The van der Waals surface area contributed by atoms with Gasteiger partial charge in [0.1, 0.15) is 36.3 Å². The van der Waals surface area contributed by atoms with Crippen molar-refractivity contribution in [3.05, 3.63) is 36.0 Å². The second kappa shape index (κ2) is 22.8. The highest BCUT2D eigenvalue weighted by atomic mass is 16.4. The van der Waals surface area contributed by atoms with Crippen LogP contribution >= 0.6 is 0 Å². The summed E-state index contributed by atoms with van der Waals surface area (Å²) in [5.41, 5.74) is 12.1. The van der Waals surface area contributed by atoms with Gasteiger partial charge in [-0.05, 0) is 29.9 Å². The van der Waals surface area contributed by atoms with Crippen molar-refractivity contribution < 1.29 is 58.8 Å². The minimum Gasteiger partial charge on any atom is -0.480 e. The van der Waals surface area contributed by atoms with Gasteiger partial charge in [-0.25, -0.2) is 4.79 Å². The molecule has 0 unspecified atom stereocenters. The van der Waals surface area contributed by atoms with E-state index in [0.29, 0.717) is 12.0 Å². The fourth-order valence-corrected chi connectivity index (χ4v) is 5.63. The molecule has 0 aliphatic heterocycles. The first-order valence-electron chi connectivity index (χ1n) is 18.3. The average Bonchev–Trinajstić information content (AvgIpc) is 3.57. The standard InChI is InChI=1S/C36H55N9O12/c1-5-18(4)29(36(56)57)45-32(52)24(11-19-13-39-22-9-7-6-8-20(19)22)41-33(53)25(14-46)43-35(55)27(16-48)44-34(54)26(15-47)42-31(51)23(10-17(2)3)40-30(50)21(37)12-28(38)49/h6-9,13,17-18,21,23-27,29,39,46-48H,5,10-12,14-16,37H2,1-4H3,(H2,38,49)(H,40,50)(H,41,53)(H,42,51)(H,43,55)(H,44,54)(H,45,52)(H,56,57)/t18-,21-,23-,24-,25-,26-,27-,29-/m0/s1. The van der Waals surface area contributed by atoms with Crippen molar-refractivity contribution in [3.8, 4) is 0 Å². The molecule has 0 radical (unpaired) electrons. The first-order valence-corrected chi connectivity index (χ1v) is 18.3. The Morgan fingerprint density at radius 1 is 0.684 bits per heavy atom. The second-order valence-corrected chi connectivity index (χ2v) is 14.0. The van der Waals surface area contributed by atoms with Crippen molar-refractivity contribution in [1.82, 2.24) is 36.9 Å². The van der Waals surface area contributed by atoms with Crippen molar-refractivity contribution >= 4 is 58.2 Å². The summed E-state index contributed by atoms with van der Waals surface area (Å²) in [5, 5.41) is 54.3. The van der Waals surface area contributed by atoms with Crippen LogP contribution in [-0.2, 0) is 44.8 Å². The van der Waals surface area contributed by atoms with Crippen LogP contribution in [0.1, 0.15) is 52.5 Å². The number of para-hydroxylation sites is 1. The van der Waals surface area contributed by atoms with Crippen LogP contribution in [0.5, 0.6) is 0 Å². The van der Waals surface area contributed by atoms with E-state index in [1.165, 1.54) is 0 Å². The van der Waals surface area contributed by atoms with Crippen LogP contribution in [0.2, 0.25) is 0 Å². The molecule has 0 aliphatic carbocycles. The Labute approximate surface area is 328 Å². The number of hydrogen-bond acceptors (Lipinski definition) is 12. The number of fused-ring (bicyclic) bond motifs is 1. The van der Waals surface area contributed by atoms with Gasteiger partial charge in [0.15, 0.2) is 0 Å². The molecule has 21 nitrogen and oxygen atoms in total. The molecule has 1 aromatic carbocycles. The van der Waals surface area contributed by atoms with Crippen LogP contribution < -0.4 is 43.4 Å². The number of H-pyrrole nitrogens is 1. The highest BCUT2D eigenvalue weighted by Crippen LogP contribution is 2.20. The highest BCUT2D eigenvalue weighted by Gasteiger charge is 2.34. The quantitative estimate of drug-likeness (QED) is 0.0482. The molecule has 0 aliphatic rings. The van der Waals surface area contributed by atoms with Crippen LogP contribution in [-0.4, -0.2) is 135 Å². The lowest BCUT2D eigenvalue weighted by Crippen LogP contribution is -2.61. The Morgan fingerprint density at radius 3 is 1.60 bits per heavy atom. The van der Waals surface area contributed by atoms with E-state index in [0.717, 1.165) is 10.9 Å². The molecule has 57 heavy (non-hydrogen) atoms. The number of aliphatic hydroxyl groups excluding tert-OH is 3. The number of carboxylic acid groups (broad SMARTS) is 1. The van der Waals surface area contributed by atoms with Crippen molar-refractivity contribution in [3.63, 3.8) is 0 Å². The number of aromatic nitrogens is 1. The Balaban J connectivity index is 2.21. The Morgan fingerprint density at radius 2 is 1.14 bits per heavy atom. The molecular formula is C36H55N9O12. The topological polar surface area (TPSA) is 357 Å². The summed E-state index contributed by atoms with van der Waals surface area (Å²) in [5.74, 6) is -8.86. The molecule has 7 amide bonds. The molecule has 0 saturated heterocycles. The summed E-state index contributed by atoms with van der Waals surface area (Å²) in [6.45, 7) is 3.78. The smallest absolute Gasteiger partial charge is 0.326 e. The molecule has 0 bridgehead atoms. The van der Waals surface area contributed by atoms with Crippen molar-refractivity contribution in [2.45, 2.75) is 95.7 Å². The second-order valence-electron chi connectivity index (χ2n) is 14.0. The molecule has 8 atom stereocenters. The number of carboxylic acids is 1. The van der Waals surface area contributed by atoms with E-state index in [9.17, 15) is 58.8 Å². The maximum absolute atomic E-state index is 13.5. The number of hydrogen-bond donors (Lipinski definition) is 13. The van der Waals surface area contributed by atoms with E-state index < -0.39 is 122 Å². The largest absolute Gasteiger partial charge is 0.480 e. The summed E-state index contributed by atoms with van der Waals surface area (Å²) < 4.78 is 0. The van der Waals surface area contributed by atoms with Gasteiger partial charge >= 0.3 is 5.97 Å². The minimum atomic E-state index is -1.79. The number of carbonyl (C=O) groups excluding carboxylic acids is 7. The molecule has 0 spiro atoms. The van der Waals surface area contributed by atoms with Gasteiger partial charge in [0.05, 0.1) is 32.3 Å². The number of aliphatic carboxylic acids is 1. The molecular weight excluding hydrogens is 750 g/mol. The van der Waals surface area contributed by atoms with Gasteiger partial charge in [0, 0.05) is 23.5 Å². The van der Waals surface area contributed by atoms with E-state index >= 15 is 0 Å². The minimum absolute atomic E-state index is 0.0508. The highest BCUT2D eigenvalue weighted by molar-refractivity contribution is 5.97. The molecule has 1 aromatic heterocycles. The fourth-order valence-electron chi connectivity index (χ4n) is 5.63. The SMILES string of the molecule is CC[C@H](C)[C@H](NC(=O)[C@H](Cc1c[nH]c2ccccc12)NC(=O)[C@H](CO)NC(=O)[C@H](CO)NC(=O)[C@H](CO)NC(=O)[C@H](CC(C)C)NC(=O)[C@@H](N)CC(N)=O)C(=O)O. The van der Waals surface area contributed by atoms with Crippen LogP contribution in [0.25, 0.3) is 10.9 Å². The molecule has 316 valence electrons. The predicted octanol–water partition coefficient (Wildman–Crippen LogP) is -4.02. The van der Waals surface area contributed by atoms with Crippen LogP contribution in [0.4, 0.5) is 0 Å². The van der Waals surface area contributed by atoms with Gasteiger partial charge in [-0.3, -0.25) is 33.6 Å². The normalized spacial score (nSPS) is 15.5. The zero-order chi connectivity index (χ0) is 43.0. The third-order valence-corrected chi connectivity index (χ3v) is 9.05. The summed E-state index contributed by atoms with van der Waals surface area (Å²) in [4.78, 5) is 105. The van der Waals surface area contributed by atoms with Crippen molar-refractivity contribution in [2.24, 2.45) is 23.3 Å². The van der Waals surface area contributed by atoms with E-state index in [1.807, 2.05) is 0 Å². The Hall–Kier alpha value is -5.64. The van der Waals surface area contributed by atoms with E-state index in [2.05, 4.69) is 36.9 Å². The number of aliphatic hydroxyl groups is 3. The van der Waals surface area contributed by atoms with E-state index in [-0.39, 0.29) is 18.8 Å². The van der Waals surface area contributed by atoms with Crippen LogP contribution in [0.15, 0.2) is 30.5 Å². The number of nitrogens with two attached hydrogens (primary N) is 2. The van der Waals surface area contributed by atoms with Crippen LogP contribution in [0.3, 0.4) is 0 Å². The molecule has 0 saturated carbocycles. The maximum atomic E-state index is 13.5. The average molecular weight is 806 g/mol. The first-order chi connectivity index (χ1) is 26.9. The predicted molar refractivity (Wildman–Crippen MR) is 203 cm³/mol. The molecule has 2 aromatic rings. The maximum Gasteiger partial charge on any atom is 0.326 e. The molecule has 1 heterocycles. The summed E-state index contributed by atoms with van der Waals surface area (Å²) in [6, 6.07) is -3.48. The first kappa shape index (κ1) is 47.5. The Bertz CT molecular complexity index is 1730. The number of benzene rings is 1. The number of carbonyl (C=O) groups is 8. The Kier molecular flexibility index (Phi) is 19.0. The lowest BCUT2D eigenvalue weighted by molar-refractivity contribution is -0.144. The third-order valence-electron chi connectivity index (χ3n) is 9.05. The number of amides is 7. The lowest BCUT2D eigenvalue weighted by atomic mass is 9.98. The van der Waals surface area contributed by atoms with Crippen molar-refractivity contribution in [2.75, 3.05) is 19.8 Å².